The van der Waals surface area contributed by atoms with Crippen LogP contribution in [0.5, 0.6) is 0 Å². The predicted octanol–water partition coefficient (Wildman–Crippen LogP) is 4.94. The van der Waals surface area contributed by atoms with E-state index in [1.54, 1.807) is 4.90 Å². The summed E-state index contributed by atoms with van der Waals surface area (Å²) < 4.78 is 5.68. The second-order valence-electron chi connectivity index (χ2n) is 9.49. The fraction of sp³-hybridized carbons (Fsp3) is 0.464. The third kappa shape index (κ3) is 5.84. The molecule has 2 N–H and O–H groups in total. The van der Waals surface area contributed by atoms with Crippen LogP contribution in [0, 0.1) is 0 Å². The highest BCUT2D eigenvalue weighted by atomic mass is 16.5. The summed E-state index contributed by atoms with van der Waals surface area (Å²) in [5.74, 6) is -1.02. The van der Waals surface area contributed by atoms with E-state index in [-0.39, 0.29) is 43.4 Å². The first kappa shape index (κ1) is 24.8. The van der Waals surface area contributed by atoms with E-state index >= 15 is 0 Å². The minimum Gasteiger partial charge on any atom is -0.481 e. The van der Waals surface area contributed by atoms with E-state index in [1.165, 1.54) is 11.1 Å². The number of likely N-dealkylation sites (tertiary alicyclic amines) is 1. The van der Waals surface area contributed by atoms with Gasteiger partial charge >= 0.3 is 12.1 Å². The van der Waals surface area contributed by atoms with E-state index in [0.29, 0.717) is 19.4 Å². The summed E-state index contributed by atoms with van der Waals surface area (Å²) in [5, 5.41) is 12.1. The third-order valence-corrected chi connectivity index (χ3v) is 7.10. The Morgan fingerprint density at radius 1 is 1.09 bits per heavy atom. The van der Waals surface area contributed by atoms with Gasteiger partial charge in [-0.1, -0.05) is 68.3 Å². The van der Waals surface area contributed by atoms with Crippen molar-refractivity contribution in [2.24, 2.45) is 0 Å². The van der Waals surface area contributed by atoms with Crippen molar-refractivity contribution in [1.29, 1.82) is 0 Å². The van der Waals surface area contributed by atoms with Crippen LogP contribution in [-0.4, -0.2) is 53.2 Å². The van der Waals surface area contributed by atoms with Gasteiger partial charge in [-0.15, -0.1) is 0 Å². The van der Waals surface area contributed by atoms with E-state index in [2.05, 4.69) is 36.5 Å². The van der Waals surface area contributed by atoms with Gasteiger partial charge in [0.2, 0.25) is 5.91 Å². The molecule has 1 aliphatic heterocycles. The van der Waals surface area contributed by atoms with Gasteiger partial charge < -0.3 is 20.1 Å². The van der Waals surface area contributed by atoms with E-state index < -0.39 is 12.1 Å². The van der Waals surface area contributed by atoms with E-state index in [9.17, 15) is 14.4 Å². The molecule has 2 atom stereocenters. The highest BCUT2D eigenvalue weighted by Gasteiger charge is 2.32. The quantitative estimate of drug-likeness (QED) is 0.504. The smallest absolute Gasteiger partial charge is 0.407 e. The molecule has 0 unspecified atom stereocenters. The average Bonchev–Trinajstić information content (AvgIpc) is 3.43. The molecule has 186 valence electrons. The van der Waals surface area contributed by atoms with Gasteiger partial charge in [-0.2, -0.15) is 0 Å². The molecule has 0 spiro atoms. The summed E-state index contributed by atoms with van der Waals surface area (Å²) >= 11 is 0. The molecule has 0 bridgehead atoms. The topological polar surface area (TPSA) is 95.9 Å². The van der Waals surface area contributed by atoms with Crippen LogP contribution in [0.15, 0.2) is 48.5 Å². The van der Waals surface area contributed by atoms with Crippen LogP contribution in [-0.2, 0) is 14.3 Å². The van der Waals surface area contributed by atoms with Crippen molar-refractivity contribution in [1.82, 2.24) is 10.2 Å². The van der Waals surface area contributed by atoms with E-state index in [1.807, 2.05) is 24.3 Å². The number of carbonyl (C=O) groups is 3. The number of rotatable bonds is 10. The first-order valence-corrected chi connectivity index (χ1v) is 12.6. The van der Waals surface area contributed by atoms with Gasteiger partial charge in [0.25, 0.3) is 0 Å². The summed E-state index contributed by atoms with van der Waals surface area (Å²) in [6.07, 6.45) is 3.60. The molecule has 1 saturated heterocycles. The van der Waals surface area contributed by atoms with Crippen LogP contribution in [0.4, 0.5) is 4.79 Å². The second kappa shape index (κ2) is 11.4. The Morgan fingerprint density at radius 2 is 1.74 bits per heavy atom. The number of amides is 2. The molecule has 4 rings (SSSR count). The van der Waals surface area contributed by atoms with Crippen molar-refractivity contribution in [3.63, 3.8) is 0 Å². The average molecular weight is 479 g/mol. The first-order chi connectivity index (χ1) is 17.0. The lowest BCUT2D eigenvalue weighted by Crippen LogP contribution is -2.43. The maximum absolute atomic E-state index is 13.0. The zero-order valence-electron chi connectivity index (χ0n) is 20.2. The van der Waals surface area contributed by atoms with Gasteiger partial charge in [0.1, 0.15) is 6.61 Å². The summed E-state index contributed by atoms with van der Waals surface area (Å²) in [4.78, 5) is 38.6. The van der Waals surface area contributed by atoms with Crippen molar-refractivity contribution in [2.75, 3.05) is 13.2 Å². The molecule has 35 heavy (non-hydrogen) atoms. The summed E-state index contributed by atoms with van der Waals surface area (Å²) in [5.41, 5.74) is 4.64. The zero-order chi connectivity index (χ0) is 24.8. The molecule has 7 heteroatoms. The van der Waals surface area contributed by atoms with Crippen molar-refractivity contribution in [3.8, 4) is 11.1 Å². The van der Waals surface area contributed by atoms with Gasteiger partial charge in [-0.05, 0) is 41.5 Å². The third-order valence-electron chi connectivity index (χ3n) is 7.10. The molecule has 2 aromatic rings. The van der Waals surface area contributed by atoms with E-state index in [0.717, 1.165) is 30.4 Å². The van der Waals surface area contributed by atoms with Crippen LogP contribution < -0.4 is 5.32 Å². The van der Waals surface area contributed by atoms with Crippen LogP contribution in [0.2, 0.25) is 0 Å². The Labute approximate surface area is 206 Å². The molecule has 0 aromatic heterocycles. The minimum absolute atomic E-state index is 0.0229. The largest absolute Gasteiger partial charge is 0.481 e. The maximum atomic E-state index is 13.0. The molecule has 7 nitrogen and oxygen atoms in total. The van der Waals surface area contributed by atoms with Crippen LogP contribution in [0.3, 0.4) is 0 Å². The van der Waals surface area contributed by atoms with Crippen LogP contribution in [0.25, 0.3) is 11.1 Å². The predicted molar refractivity (Wildman–Crippen MR) is 133 cm³/mol. The van der Waals surface area contributed by atoms with Crippen molar-refractivity contribution in [3.05, 3.63) is 59.7 Å². The van der Waals surface area contributed by atoms with E-state index in [4.69, 9.17) is 9.84 Å². The molecular formula is C28H34N2O5. The number of benzene rings is 2. The number of nitrogens with zero attached hydrogens (tertiary/aromatic N) is 1. The number of carboxylic acid groups (broad SMARTS) is 1. The number of fused-ring (bicyclic) bond motifs is 3. The first-order valence-electron chi connectivity index (χ1n) is 12.6. The van der Waals surface area contributed by atoms with Crippen LogP contribution in [0.1, 0.15) is 68.9 Å². The number of hydrogen-bond acceptors (Lipinski definition) is 4. The SMILES string of the molecule is CCCC[C@H](CC(=O)N1CCC[C@H]1CC(=O)O)NC(=O)OCC1c2ccccc2-c2ccccc21. The monoisotopic (exact) mass is 478 g/mol. The molecule has 1 heterocycles. The minimum atomic E-state index is -0.894. The lowest BCUT2D eigenvalue weighted by Gasteiger charge is -2.26. The van der Waals surface area contributed by atoms with Gasteiger partial charge in [0.15, 0.2) is 0 Å². The number of hydrogen-bond donors (Lipinski definition) is 2. The maximum Gasteiger partial charge on any atom is 0.407 e. The zero-order valence-corrected chi connectivity index (χ0v) is 20.2. The Balaban J connectivity index is 1.37. The van der Waals surface area contributed by atoms with Crippen molar-refractivity contribution < 1.29 is 24.2 Å². The fourth-order valence-electron chi connectivity index (χ4n) is 5.39. The number of unbranched alkanes of at least 4 members (excludes halogenated alkanes) is 1. The number of alkyl carbamates (subject to hydrolysis) is 1. The molecule has 0 radical (unpaired) electrons. The standard InChI is InChI=1S/C28H34N2O5/c1-2-3-9-19(16-26(31)30-15-8-10-20(30)17-27(32)33)29-28(34)35-18-25-23-13-6-4-11-21(23)22-12-5-7-14-24(22)25/h4-7,11-14,19-20,25H,2-3,8-10,15-18H2,1H3,(H,29,34)(H,32,33)/t19-,20+/m1/s1. The Morgan fingerprint density at radius 3 is 2.37 bits per heavy atom. The molecule has 0 saturated carbocycles. The molecule has 1 fully saturated rings. The Hall–Kier alpha value is -3.35. The Kier molecular flexibility index (Phi) is 8.06. The Bertz CT molecular complexity index is 1020. The van der Waals surface area contributed by atoms with Crippen LogP contribution >= 0.6 is 0 Å². The van der Waals surface area contributed by atoms with Gasteiger partial charge in [0.05, 0.1) is 6.42 Å². The normalized spacial score (nSPS) is 17.5. The highest BCUT2D eigenvalue weighted by Crippen LogP contribution is 2.44. The fourth-order valence-corrected chi connectivity index (χ4v) is 5.39. The molecular weight excluding hydrogens is 444 g/mol. The lowest BCUT2D eigenvalue weighted by atomic mass is 9.98. The van der Waals surface area contributed by atoms with Gasteiger partial charge in [0, 0.05) is 31.0 Å². The van der Waals surface area contributed by atoms with Crippen molar-refractivity contribution >= 4 is 18.0 Å². The lowest BCUT2D eigenvalue weighted by molar-refractivity contribution is -0.140. The van der Waals surface area contributed by atoms with Crippen molar-refractivity contribution in [2.45, 2.75) is 69.9 Å². The molecule has 2 amide bonds. The number of aliphatic carboxylic acids is 1. The summed E-state index contributed by atoms with van der Waals surface area (Å²) in [6.45, 7) is 2.86. The molecule has 1 aliphatic carbocycles. The van der Waals surface area contributed by atoms with Gasteiger partial charge in [-0.25, -0.2) is 4.79 Å². The van der Waals surface area contributed by atoms with Gasteiger partial charge in [-0.3, -0.25) is 9.59 Å². The number of carbonyl (C=O) groups excluding carboxylic acids is 2. The number of nitrogens with one attached hydrogen (secondary N) is 1. The summed E-state index contributed by atoms with van der Waals surface area (Å²) in [7, 11) is 0. The second-order valence-corrected chi connectivity index (χ2v) is 9.49. The molecule has 2 aliphatic rings. The molecule has 2 aromatic carbocycles. The number of ether oxygens (including phenoxy) is 1. The highest BCUT2D eigenvalue weighted by molar-refractivity contribution is 5.80. The summed E-state index contributed by atoms with van der Waals surface area (Å²) in [6, 6.07) is 15.8. The number of carboxylic acids is 1.